The van der Waals surface area contributed by atoms with Gasteiger partial charge in [-0.05, 0) is 25.1 Å². The largest absolute Gasteiger partial charge is 0.416 e. The molecule has 1 fully saturated rings. The molecule has 0 atom stereocenters. The third kappa shape index (κ3) is 4.53. The average molecular weight is 433 g/mol. The highest BCUT2D eigenvalue weighted by Crippen LogP contribution is 2.31. The van der Waals surface area contributed by atoms with Gasteiger partial charge in [0.25, 0.3) is 0 Å². The second kappa shape index (κ2) is 7.80. The zero-order chi connectivity index (χ0) is 20.5. The number of benzene rings is 1. The number of carbonyl (C=O) groups excluding carboxylic acids is 1. The zero-order valence-corrected chi connectivity index (χ0v) is 16.6. The molecule has 1 amide bonds. The van der Waals surface area contributed by atoms with Crippen molar-refractivity contribution in [1.82, 2.24) is 14.2 Å². The zero-order valence-electron chi connectivity index (χ0n) is 14.9. The SMILES string of the molecule is Cc1nc(CC(=O)N2CCN(S(=O)(=O)c3cccc(C(F)(F)F)c3)CC2)cs1. The Kier molecular flexibility index (Phi) is 5.78. The second-order valence-corrected chi connectivity index (χ2v) is 9.35. The average Bonchev–Trinajstić information content (AvgIpc) is 3.06. The molecule has 0 saturated carbocycles. The van der Waals surface area contributed by atoms with Gasteiger partial charge in [0.05, 0.1) is 27.6 Å². The van der Waals surface area contributed by atoms with E-state index in [1.807, 2.05) is 12.3 Å². The van der Waals surface area contributed by atoms with Crippen molar-refractivity contribution in [2.45, 2.75) is 24.4 Å². The van der Waals surface area contributed by atoms with Gasteiger partial charge in [-0.25, -0.2) is 13.4 Å². The van der Waals surface area contributed by atoms with Gasteiger partial charge >= 0.3 is 6.18 Å². The van der Waals surface area contributed by atoms with E-state index in [0.29, 0.717) is 11.8 Å². The number of amides is 1. The molecule has 1 aliphatic rings. The molecule has 2 heterocycles. The van der Waals surface area contributed by atoms with Gasteiger partial charge in [-0.15, -0.1) is 11.3 Å². The Labute approximate surface area is 164 Å². The van der Waals surface area contributed by atoms with Crippen LogP contribution in [0.5, 0.6) is 0 Å². The van der Waals surface area contributed by atoms with Crippen molar-refractivity contribution in [3.05, 3.63) is 45.9 Å². The molecule has 1 saturated heterocycles. The lowest BCUT2D eigenvalue weighted by Crippen LogP contribution is -2.50. The van der Waals surface area contributed by atoms with Crippen LogP contribution in [0.25, 0.3) is 0 Å². The second-order valence-electron chi connectivity index (χ2n) is 6.35. The number of carbonyl (C=O) groups is 1. The van der Waals surface area contributed by atoms with E-state index >= 15 is 0 Å². The Morgan fingerprint density at radius 2 is 1.89 bits per heavy atom. The van der Waals surface area contributed by atoms with Crippen LogP contribution in [0.3, 0.4) is 0 Å². The Morgan fingerprint density at radius 1 is 1.21 bits per heavy atom. The molecule has 152 valence electrons. The van der Waals surface area contributed by atoms with Gasteiger partial charge in [-0.1, -0.05) is 6.07 Å². The summed E-state index contributed by atoms with van der Waals surface area (Å²) in [6, 6.07) is 3.69. The first-order chi connectivity index (χ1) is 13.1. The van der Waals surface area contributed by atoms with Crippen molar-refractivity contribution in [2.75, 3.05) is 26.2 Å². The first-order valence-corrected chi connectivity index (χ1v) is 10.8. The number of hydrogen-bond donors (Lipinski definition) is 0. The monoisotopic (exact) mass is 433 g/mol. The van der Waals surface area contributed by atoms with Crippen molar-refractivity contribution < 1.29 is 26.4 Å². The van der Waals surface area contributed by atoms with Gasteiger partial charge < -0.3 is 4.90 Å². The summed E-state index contributed by atoms with van der Waals surface area (Å²) < 4.78 is 65.1. The summed E-state index contributed by atoms with van der Waals surface area (Å²) >= 11 is 1.45. The summed E-state index contributed by atoms with van der Waals surface area (Å²) in [7, 11) is -4.06. The number of hydrogen-bond acceptors (Lipinski definition) is 5. The van der Waals surface area contributed by atoms with Crippen LogP contribution in [0.2, 0.25) is 0 Å². The third-order valence-electron chi connectivity index (χ3n) is 4.39. The van der Waals surface area contributed by atoms with Crippen LogP contribution in [0.4, 0.5) is 13.2 Å². The Balaban J connectivity index is 1.66. The molecule has 0 spiro atoms. The van der Waals surface area contributed by atoms with Crippen molar-refractivity contribution in [2.24, 2.45) is 0 Å². The molecule has 28 heavy (non-hydrogen) atoms. The molecule has 11 heteroatoms. The number of sulfonamides is 1. The molecule has 1 aliphatic heterocycles. The summed E-state index contributed by atoms with van der Waals surface area (Å²) in [6.45, 7) is 2.26. The number of nitrogens with zero attached hydrogens (tertiary/aromatic N) is 3. The molecule has 0 aliphatic carbocycles. The third-order valence-corrected chi connectivity index (χ3v) is 7.11. The predicted octanol–water partition coefficient (Wildman–Crippen LogP) is 2.55. The molecule has 0 radical (unpaired) electrons. The number of halogens is 3. The van der Waals surface area contributed by atoms with Crippen molar-refractivity contribution in [1.29, 1.82) is 0 Å². The number of piperazine rings is 1. The summed E-state index contributed by atoms with van der Waals surface area (Å²) in [5, 5.41) is 2.67. The van der Waals surface area contributed by atoms with Crippen LogP contribution in [0.1, 0.15) is 16.3 Å². The van der Waals surface area contributed by atoms with Gasteiger partial charge in [0.2, 0.25) is 15.9 Å². The maximum absolute atomic E-state index is 12.9. The first kappa shape index (κ1) is 20.7. The molecule has 1 aromatic heterocycles. The highest BCUT2D eigenvalue weighted by Gasteiger charge is 2.34. The Bertz CT molecular complexity index is 965. The Morgan fingerprint density at radius 3 is 2.46 bits per heavy atom. The fourth-order valence-electron chi connectivity index (χ4n) is 2.92. The lowest BCUT2D eigenvalue weighted by Gasteiger charge is -2.34. The van der Waals surface area contributed by atoms with Crippen LogP contribution in [0.15, 0.2) is 34.5 Å². The standard InChI is InChI=1S/C17H18F3N3O3S2/c1-12-21-14(11-27-12)10-16(24)22-5-7-23(8-6-22)28(25,26)15-4-2-3-13(9-15)17(18,19)20/h2-4,9,11H,5-8,10H2,1H3. The van der Waals surface area contributed by atoms with Gasteiger partial charge in [0.1, 0.15) is 0 Å². The van der Waals surface area contributed by atoms with Crippen LogP contribution < -0.4 is 0 Å². The highest BCUT2D eigenvalue weighted by molar-refractivity contribution is 7.89. The molecule has 0 bridgehead atoms. The van der Waals surface area contributed by atoms with Crippen molar-refractivity contribution in [3.63, 3.8) is 0 Å². The Hall–Kier alpha value is -1.98. The summed E-state index contributed by atoms with van der Waals surface area (Å²) in [6.07, 6.45) is -4.48. The fourth-order valence-corrected chi connectivity index (χ4v) is 5.00. The van der Waals surface area contributed by atoms with E-state index in [1.54, 1.807) is 4.90 Å². The fraction of sp³-hybridized carbons (Fsp3) is 0.412. The van der Waals surface area contributed by atoms with Gasteiger partial charge in [0.15, 0.2) is 0 Å². The van der Waals surface area contributed by atoms with Crippen LogP contribution in [-0.4, -0.2) is 54.7 Å². The quantitative estimate of drug-likeness (QED) is 0.743. The summed E-state index contributed by atoms with van der Waals surface area (Å²) in [4.78, 5) is 17.7. The molecule has 1 aromatic carbocycles. The minimum absolute atomic E-state index is 0.0282. The number of alkyl halides is 3. The normalized spacial score (nSPS) is 16.4. The molecule has 0 unspecified atom stereocenters. The van der Waals surface area contributed by atoms with Gasteiger partial charge in [-0.2, -0.15) is 17.5 Å². The van der Waals surface area contributed by atoms with Crippen molar-refractivity contribution in [3.8, 4) is 0 Å². The summed E-state index contributed by atoms with van der Waals surface area (Å²) in [5.74, 6) is -0.151. The molecule has 3 rings (SSSR count). The summed E-state index contributed by atoms with van der Waals surface area (Å²) in [5.41, 5.74) is -0.340. The molecular weight excluding hydrogens is 415 g/mol. The van der Waals surface area contributed by atoms with Crippen LogP contribution in [0, 0.1) is 6.92 Å². The van der Waals surface area contributed by atoms with E-state index in [2.05, 4.69) is 4.98 Å². The van der Waals surface area contributed by atoms with E-state index in [0.717, 1.165) is 27.5 Å². The molecule has 2 aromatic rings. The van der Waals surface area contributed by atoms with E-state index in [-0.39, 0.29) is 38.5 Å². The van der Waals surface area contributed by atoms with Gasteiger partial charge in [-0.3, -0.25) is 4.79 Å². The van der Waals surface area contributed by atoms with E-state index < -0.39 is 26.7 Å². The lowest BCUT2D eigenvalue weighted by molar-refractivity contribution is -0.137. The number of aromatic nitrogens is 1. The minimum atomic E-state index is -4.62. The predicted molar refractivity (Wildman–Crippen MR) is 97.3 cm³/mol. The number of rotatable bonds is 4. The maximum Gasteiger partial charge on any atom is 0.416 e. The topological polar surface area (TPSA) is 70.6 Å². The van der Waals surface area contributed by atoms with Crippen molar-refractivity contribution >= 4 is 27.3 Å². The van der Waals surface area contributed by atoms with Crippen LogP contribution in [-0.2, 0) is 27.4 Å². The molecular formula is C17H18F3N3O3S2. The van der Waals surface area contributed by atoms with E-state index in [1.165, 1.54) is 11.3 Å². The minimum Gasteiger partial charge on any atom is -0.340 e. The molecule has 6 nitrogen and oxygen atoms in total. The number of thiazole rings is 1. The first-order valence-electron chi connectivity index (χ1n) is 8.43. The molecule has 0 N–H and O–H groups in total. The van der Waals surface area contributed by atoms with E-state index in [9.17, 15) is 26.4 Å². The van der Waals surface area contributed by atoms with Crippen LogP contribution >= 0.6 is 11.3 Å². The van der Waals surface area contributed by atoms with Gasteiger partial charge in [0, 0.05) is 31.6 Å². The maximum atomic E-state index is 12.9. The highest BCUT2D eigenvalue weighted by atomic mass is 32.2. The smallest absolute Gasteiger partial charge is 0.340 e. The lowest BCUT2D eigenvalue weighted by atomic mass is 10.2. The number of aryl methyl sites for hydroxylation is 1. The van der Waals surface area contributed by atoms with E-state index in [4.69, 9.17) is 0 Å².